The van der Waals surface area contributed by atoms with Crippen molar-refractivity contribution in [1.82, 2.24) is 20.5 Å². The van der Waals surface area contributed by atoms with Crippen LogP contribution in [0.3, 0.4) is 0 Å². The van der Waals surface area contributed by atoms with Crippen molar-refractivity contribution in [3.05, 3.63) is 64.9 Å². The lowest BCUT2D eigenvalue weighted by molar-refractivity contribution is -0.146. The van der Waals surface area contributed by atoms with Crippen LogP contribution in [0.1, 0.15) is 100 Å². The van der Waals surface area contributed by atoms with Crippen LogP contribution >= 0.6 is 11.3 Å². The Labute approximate surface area is 309 Å². The Hall–Kier alpha value is -3.66. The number of rotatable bonds is 10. The Morgan fingerprint density at radius 1 is 0.942 bits per heavy atom. The molecule has 5 atom stereocenters. The van der Waals surface area contributed by atoms with Crippen molar-refractivity contribution in [3.8, 4) is 0 Å². The maximum atomic E-state index is 14.7. The number of carbonyl (C=O) groups excluding carboxylic acids is 4. The van der Waals surface area contributed by atoms with Crippen molar-refractivity contribution < 1.29 is 23.6 Å². The van der Waals surface area contributed by atoms with Gasteiger partial charge in [0.2, 0.25) is 23.5 Å². The first-order valence-electron chi connectivity index (χ1n) is 19.4. The number of hydrogen-bond donors (Lipinski definition) is 2. The van der Waals surface area contributed by atoms with Crippen LogP contribution in [0.2, 0.25) is 0 Å². The summed E-state index contributed by atoms with van der Waals surface area (Å²) in [5.74, 6) is 0.994. The molecule has 2 N–H and O–H groups in total. The molecule has 0 radical (unpaired) electrons. The van der Waals surface area contributed by atoms with E-state index >= 15 is 0 Å². The van der Waals surface area contributed by atoms with Crippen molar-refractivity contribution in [2.75, 3.05) is 6.54 Å². The van der Waals surface area contributed by atoms with E-state index in [4.69, 9.17) is 0 Å². The second kappa shape index (κ2) is 13.6. The minimum atomic E-state index is -0.964. The number of nitrogens with one attached hydrogen (secondary N) is 2. The standard InChI is InChI=1S/C42H51FN4O4S/c1-41(2,3)37(46-34(48)22-42-19-25-15-26(20-42)17-27(16-25)21-42)40(51)47-23-28-7-6-8-30(28)35(47)38(50)44-32(18-24-11-13-29(43)14-12-24)36(49)39-45-31-9-4-5-10-33(31)52-39/h4-5,9-14,25-28,30,32,35,37H,6-8,15-23H2,1-3H3,(H,44,50)(H,46,48)/t25?,26?,27?,28-,30-,32-,35-,37+,42?/m0/s1. The Balaban J connectivity index is 1.03. The number of fused-ring (bicyclic) bond motifs is 2. The van der Waals surface area contributed by atoms with Gasteiger partial charge in [-0.2, -0.15) is 0 Å². The van der Waals surface area contributed by atoms with E-state index in [1.807, 2.05) is 45.0 Å². The summed E-state index contributed by atoms with van der Waals surface area (Å²) in [7, 11) is 0. The van der Waals surface area contributed by atoms with E-state index in [-0.39, 0.29) is 53.0 Å². The molecule has 276 valence electrons. The molecule has 1 saturated heterocycles. The summed E-state index contributed by atoms with van der Waals surface area (Å²) in [5.41, 5.74) is 0.879. The van der Waals surface area contributed by atoms with Crippen LogP contribution in [0.4, 0.5) is 4.39 Å². The average Bonchev–Trinajstić information content (AvgIpc) is 3.81. The van der Waals surface area contributed by atoms with Crippen LogP contribution in [0.15, 0.2) is 48.5 Å². The van der Waals surface area contributed by atoms with Crippen molar-refractivity contribution in [2.45, 2.75) is 110 Å². The lowest BCUT2D eigenvalue weighted by atomic mass is 9.49. The van der Waals surface area contributed by atoms with E-state index in [1.165, 1.54) is 42.7 Å². The molecular formula is C42H51FN4O4S. The molecule has 10 heteroatoms. The Kier molecular flexibility index (Phi) is 9.28. The number of nitrogens with zero attached hydrogens (tertiary/aromatic N) is 2. The van der Waals surface area contributed by atoms with Gasteiger partial charge in [-0.1, -0.05) is 51.5 Å². The number of aromatic nitrogens is 1. The quantitative estimate of drug-likeness (QED) is 0.217. The van der Waals surface area contributed by atoms with Crippen LogP contribution in [-0.4, -0.2) is 58.1 Å². The number of para-hydroxylation sites is 1. The number of hydrogen-bond acceptors (Lipinski definition) is 6. The van der Waals surface area contributed by atoms with E-state index in [0.29, 0.717) is 29.1 Å². The molecule has 9 rings (SSSR count). The number of amides is 3. The van der Waals surface area contributed by atoms with Gasteiger partial charge in [0, 0.05) is 19.4 Å². The fraction of sp³-hybridized carbons (Fsp3) is 0.595. The first-order chi connectivity index (χ1) is 24.8. The molecule has 8 nitrogen and oxygen atoms in total. The second-order valence-electron chi connectivity index (χ2n) is 18.0. The third kappa shape index (κ3) is 6.92. The molecule has 0 spiro atoms. The molecule has 2 aromatic carbocycles. The third-order valence-corrected chi connectivity index (χ3v) is 14.1. The Morgan fingerprint density at radius 2 is 1.62 bits per heavy atom. The number of Topliss-reactive ketones (excluding diaryl/α,β-unsaturated/α-hetero) is 1. The molecule has 4 bridgehead atoms. The third-order valence-electron chi connectivity index (χ3n) is 13.1. The maximum Gasteiger partial charge on any atom is 0.246 e. The summed E-state index contributed by atoms with van der Waals surface area (Å²) < 4.78 is 14.7. The minimum absolute atomic E-state index is 0.0312. The molecule has 0 unspecified atom stereocenters. The summed E-state index contributed by atoms with van der Waals surface area (Å²) in [6.45, 7) is 6.37. The van der Waals surface area contributed by atoms with Gasteiger partial charge in [-0.3, -0.25) is 19.2 Å². The fourth-order valence-corrected chi connectivity index (χ4v) is 12.2. The van der Waals surface area contributed by atoms with E-state index in [9.17, 15) is 23.6 Å². The van der Waals surface area contributed by atoms with Crippen LogP contribution in [-0.2, 0) is 20.8 Å². The molecular weight excluding hydrogens is 676 g/mol. The van der Waals surface area contributed by atoms with Crippen LogP contribution in [0.25, 0.3) is 10.2 Å². The van der Waals surface area contributed by atoms with Gasteiger partial charge >= 0.3 is 0 Å². The number of carbonyl (C=O) groups is 4. The Morgan fingerprint density at radius 3 is 2.27 bits per heavy atom. The van der Waals surface area contributed by atoms with Crippen molar-refractivity contribution in [2.24, 2.45) is 40.4 Å². The summed E-state index contributed by atoms with van der Waals surface area (Å²) in [6, 6.07) is 11.0. The smallest absolute Gasteiger partial charge is 0.246 e. The van der Waals surface area contributed by atoms with E-state index in [1.54, 1.807) is 17.0 Å². The largest absolute Gasteiger partial charge is 0.344 e. The molecule has 2 heterocycles. The van der Waals surface area contributed by atoms with Gasteiger partial charge in [0.1, 0.15) is 17.9 Å². The highest BCUT2D eigenvalue weighted by atomic mass is 32.1. The highest BCUT2D eigenvalue weighted by Gasteiger charge is 2.54. The second-order valence-corrected chi connectivity index (χ2v) is 19.0. The number of halogens is 1. The van der Waals surface area contributed by atoms with E-state index in [2.05, 4.69) is 15.6 Å². The molecule has 6 fully saturated rings. The maximum absolute atomic E-state index is 14.7. The highest BCUT2D eigenvalue weighted by Crippen LogP contribution is 2.61. The number of thiazole rings is 1. The summed E-state index contributed by atoms with van der Waals surface area (Å²) in [5, 5.41) is 6.57. The zero-order valence-electron chi connectivity index (χ0n) is 30.5. The first-order valence-corrected chi connectivity index (χ1v) is 20.2. The van der Waals surface area contributed by atoms with Crippen LogP contribution < -0.4 is 10.6 Å². The normalized spacial score (nSPS) is 30.3. The number of benzene rings is 2. The number of ketones is 1. The van der Waals surface area contributed by atoms with Crippen molar-refractivity contribution in [1.29, 1.82) is 0 Å². The number of likely N-dealkylation sites (tertiary alicyclic amines) is 1. The van der Waals surface area contributed by atoms with E-state index in [0.717, 1.165) is 61.0 Å². The molecule has 1 aliphatic heterocycles. The molecule has 5 saturated carbocycles. The average molecular weight is 727 g/mol. The zero-order chi connectivity index (χ0) is 36.4. The Bertz CT molecular complexity index is 1800. The first kappa shape index (κ1) is 35.4. The van der Waals surface area contributed by atoms with Gasteiger partial charge in [0.25, 0.3) is 0 Å². The molecule has 1 aromatic heterocycles. The van der Waals surface area contributed by atoms with Crippen molar-refractivity contribution in [3.63, 3.8) is 0 Å². The molecule has 52 heavy (non-hydrogen) atoms. The summed E-state index contributed by atoms with van der Waals surface area (Å²) >= 11 is 1.28. The minimum Gasteiger partial charge on any atom is -0.344 e. The predicted molar refractivity (Wildman–Crippen MR) is 199 cm³/mol. The summed E-state index contributed by atoms with van der Waals surface area (Å²) in [4.78, 5) is 63.6. The highest BCUT2D eigenvalue weighted by molar-refractivity contribution is 7.20. The van der Waals surface area contributed by atoms with Gasteiger partial charge in [-0.05, 0) is 122 Å². The fourth-order valence-electron chi connectivity index (χ4n) is 11.2. The predicted octanol–water partition coefficient (Wildman–Crippen LogP) is 7.11. The van der Waals surface area contributed by atoms with Gasteiger partial charge in [0.15, 0.2) is 5.01 Å². The van der Waals surface area contributed by atoms with Crippen molar-refractivity contribution >= 4 is 45.1 Å². The van der Waals surface area contributed by atoms with Crippen LogP contribution in [0.5, 0.6) is 0 Å². The van der Waals surface area contributed by atoms with Gasteiger partial charge in [-0.25, -0.2) is 9.37 Å². The lowest BCUT2D eigenvalue weighted by Crippen LogP contribution is -2.60. The SMILES string of the molecule is CC(C)(C)[C@H](NC(=O)CC12CC3CC(CC(C3)C1)C2)C(=O)N1C[C@@H]2CCC[C@@H]2[C@H]1C(=O)N[C@@H](Cc1ccc(F)cc1)C(=O)c1nc2ccccc2s1. The van der Waals surface area contributed by atoms with Crippen LogP contribution in [0, 0.1) is 46.2 Å². The van der Waals surface area contributed by atoms with E-state index < -0.39 is 23.5 Å². The topological polar surface area (TPSA) is 108 Å². The zero-order valence-corrected chi connectivity index (χ0v) is 31.4. The molecule has 3 amide bonds. The monoisotopic (exact) mass is 726 g/mol. The van der Waals surface area contributed by atoms with Gasteiger partial charge in [-0.15, -0.1) is 11.3 Å². The van der Waals surface area contributed by atoms with Gasteiger partial charge < -0.3 is 15.5 Å². The summed E-state index contributed by atoms with van der Waals surface area (Å²) in [6.07, 6.45) is 10.6. The molecule has 5 aliphatic carbocycles. The van der Waals surface area contributed by atoms with Gasteiger partial charge in [0.05, 0.1) is 16.3 Å². The lowest BCUT2D eigenvalue weighted by Gasteiger charge is -2.56. The molecule has 3 aromatic rings. The molecule has 6 aliphatic rings.